The predicted molar refractivity (Wildman–Crippen MR) is 83.0 cm³/mol. The number of hydrogen-bond donors (Lipinski definition) is 2. The van der Waals surface area contributed by atoms with E-state index in [0.29, 0.717) is 19.1 Å². The fraction of sp³-hybridized carbons (Fsp3) is 0.286. The number of para-hydroxylation sites is 1. The standard InChI is InChI=1S/C14H18N4OS/c1-10-16-7-12(20-10)8-17-14(15)18-13-6-4-3-5-11(13)9-19-2/h3-7H,8-9H2,1-2H3,(H3,15,17,18). The molecule has 0 aliphatic carbocycles. The maximum Gasteiger partial charge on any atom is 0.193 e. The monoisotopic (exact) mass is 290 g/mol. The first-order valence-electron chi connectivity index (χ1n) is 6.24. The lowest BCUT2D eigenvalue weighted by Crippen LogP contribution is -2.23. The van der Waals surface area contributed by atoms with Gasteiger partial charge in [-0.2, -0.15) is 0 Å². The van der Waals surface area contributed by atoms with Gasteiger partial charge in [-0.15, -0.1) is 11.3 Å². The lowest BCUT2D eigenvalue weighted by atomic mass is 10.2. The predicted octanol–water partition coefficient (Wildman–Crippen LogP) is 2.52. The number of benzene rings is 1. The second-order valence-electron chi connectivity index (χ2n) is 4.26. The smallest absolute Gasteiger partial charge is 0.193 e. The molecule has 1 heterocycles. The van der Waals surface area contributed by atoms with Crippen LogP contribution in [0.15, 0.2) is 35.5 Å². The molecule has 0 aliphatic heterocycles. The fourth-order valence-corrected chi connectivity index (χ4v) is 2.46. The number of hydrogen-bond acceptors (Lipinski definition) is 4. The largest absolute Gasteiger partial charge is 0.380 e. The molecule has 0 bridgehead atoms. The van der Waals surface area contributed by atoms with Gasteiger partial charge in [0.25, 0.3) is 0 Å². The van der Waals surface area contributed by atoms with E-state index in [1.54, 1.807) is 18.4 Å². The third kappa shape index (κ3) is 4.04. The highest BCUT2D eigenvalue weighted by Crippen LogP contribution is 2.16. The van der Waals surface area contributed by atoms with Crippen molar-refractivity contribution >= 4 is 23.0 Å². The van der Waals surface area contributed by atoms with Crippen LogP contribution in [0.3, 0.4) is 0 Å². The van der Waals surface area contributed by atoms with E-state index in [1.165, 1.54) is 0 Å². The van der Waals surface area contributed by atoms with E-state index in [2.05, 4.69) is 15.3 Å². The first-order valence-corrected chi connectivity index (χ1v) is 7.06. The average Bonchev–Trinajstić information content (AvgIpc) is 2.85. The summed E-state index contributed by atoms with van der Waals surface area (Å²) < 4.78 is 5.15. The van der Waals surface area contributed by atoms with Gasteiger partial charge in [-0.3, -0.25) is 0 Å². The highest BCUT2D eigenvalue weighted by atomic mass is 32.1. The Morgan fingerprint density at radius 1 is 1.45 bits per heavy atom. The Balaban J connectivity index is 2.01. The molecular weight excluding hydrogens is 272 g/mol. The molecule has 0 unspecified atom stereocenters. The molecule has 0 atom stereocenters. The Kier molecular flexibility index (Phi) is 5.09. The van der Waals surface area contributed by atoms with E-state index in [-0.39, 0.29) is 0 Å². The maximum atomic E-state index is 5.91. The lowest BCUT2D eigenvalue weighted by molar-refractivity contribution is 0.185. The van der Waals surface area contributed by atoms with Crippen LogP contribution in [0.25, 0.3) is 0 Å². The van der Waals surface area contributed by atoms with Gasteiger partial charge in [-0.05, 0) is 13.0 Å². The molecule has 2 aromatic rings. The second kappa shape index (κ2) is 7.02. The Bertz CT molecular complexity index is 594. The van der Waals surface area contributed by atoms with Crippen LogP contribution in [0.1, 0.15) is 15.4 Å². The quantitative estimate of drug-likeness (QED) is 0.655. The van der Waals surface area contributed by atoms with Crippen molar-refractivity contribution in [1.82, 2.24) is 4.98 Å². The van der Waals surface area contributed by atoms with Crippen molar-refractivity contribution in [1.29, 1.82) is 0 Å². The van der Waals surface area contributed by atoms with Gasteiger partial charge in [-0.25, -0.2) is 9.98 Å². The fourth-order valence-electron chi connectivity index (χ4n) is 1.74. The molecule has 20 heavy (non-hydrogen) atoms. The van der Waals surface area contributed by atoms with Gasteiger partial charge in [0, 0.05) is 29.4 Å². The summed E-state index contributed by atoms with van der Waals surface area (Å²) in [4.78, 5) is 9.60. The van der Waals surface area contributed by atoms with Crippen molar-refractivity contribution in [2.24, 2.45) is 10.7 Å². The van der Waals surface area contributed by atoms with E-state index in [9.17, 15) is 0 Å². The third-order valence-electron chi connectivity index (χ3n) is 2.65. The highest BCUT2D eigenvalue weighted by Gasteiger charge is 2.03. The van der Waals surface area contributed by atoms with Crippen LogP contribution in [0.5, 0.6) is 0 Å². The molecular formula is C14H18N4OS. The van der Waals surface area contributed by atoms with Crippen molar-refractivity contribution in [2.45, 2.75) is 20.1 Å². The minimum Gasteiger partial charge on any atom is -0.380 e. The van der Waals surface area contributed by atoms with Gasteiger partial charge >= 0.3 is 0 Å². The summed E-state index contributed by atoms with van der Waals surface area (Å²) in [5.41, 5.74) is 7.86. The van der Waals surface area contributed by atoms with Crippen molar-refractivity contribution < 1.29 is 4.74 Å². The summed E-state index contributed by atoms with van der Waals surface area (Å²) in [6.45, 7) is 3.04. The first-order chi connectivity index (χ1) is 9.69. The molecule has 0 saturated carbocycles. The normalized spacial score (nSPS) is 11.6. The van der Waals surface area contributed by atoms with Crippen LogP contribution in [0.2, 0.25) is 0 Å². The molecule has 0 spiro atoms. The lowest BCUT2D eigenvalue weighted by Gasteiger charge is -2.10. The molecule has 3 N–H and O–H groups in total. The first kappa shape index (κ1) is 14.5. The molecule has 0 aliphatic rings. The minimum absolute atomic E-state index is 0.389. The average molecular weight is 290 g/mol. The van der Waals surface area contributed by atoms with E-state index >= 15 is 0 Å². The molecule has 1 aromatic carbocycles. The van der Waals surface area contributed by atoms with Gasteiger partial charge in [0.05, 0.1) is 18.2 Å². The summed E-state index contributed by atoms with van der Waals surface area (Å²) in [5, 5.41) is 4.14. The highest BCUT2D eigenvalue weighted by molar-refractivity contribution is 7.11. The number of rotatable bonds is 5. The van der Waals surface area contributed by atoms with Crippen molar-refractivity contribution in [3.8, 4) is 0 Å². The summed E-state index contributed by atoms with van der Waals surface area (Å²) in [7, 11) is 1.67. The van der Waals surface area contributed by atoms with E-state index in [1.807, 2.05) is 37.4 Å². The van der Waals surface area contributed by atoms with Crippen LogP contribution in [0, 0.1) is 6.92 Å². The molecule has 0 radical (unpaired) electrons. The van der Waals surface area contributed by atoms with Gasteiger partial charge in [0.2, 0.25) is 0 Å². The zero-order chi connectivity index (χ0) is 14.4. The number of nitrogens with one attached hydrogen (secondary N) is 1. The van der Waals surface area contributed by atoms with Crippen LogP contribution in [0.4, 0.5) is 5.69 Å². The van der Waals surface area contributed by atoms with Crippen LogP contribution < -0.4 is 11.1 Å². The van der Waals surface area contributed by atoms with Gasteiger partial charge in [-0.1, -0.05) is 18.2 Å². The zero-order valence-corrected chi connectivity index (χ0v) is 12.4. The Hall–Kier alpha value is -1.92. The van der Waals surface area contributed by atoms with E-state index in [0.717, 1.165) is 21.1 Å². The second-order valence-corrected chi connectivity index (χ2v) is 5.58. The maximum absolute atomic E-state index is 5.91. The number of aromatic nitrogens is 1. The molecule has 0 fully saturated rings. The van der Waals surface area contributed by atoms with Gasteiger partial charge < -0.3 is 15.8 Å². The Morgan fingerprint density at radius 2 is 2.25 bits per heavy atom. The Labute approximate surface area is 122 Å². The number of guanidine groups is 1. The minimum atomic E-state index is 0.389. The van der Waals surface area contributed by atoms with E-state index < -0.39 is 0 Å². The summed E-state index contributed by atoms with van der Waals surface area (Å²) >= 11 is 1.63. The molecule has 1 aromatic heterocycles. The number of aliphatic imine (C=N–C) groups is 1. The van der Waals surface area contributed by atoms with Gasteiger partial charge in [0.15, 0.2) is 5.96 Å². The van der Waals surface area contributed by atoms with Gasteiger partial charge in [0.1, 0.15) is 0 Å². The summed E-state index contributed by atoms with van der Waals surface area (Å²) in [5.74, 6) is 0.389. The molecule has 2 rings (SSSR count). The number of methoxy groups -OCH3 is 1. The van der Waals surface area contributed by atoms with Crippen LogP contribution >= 0.6 is 11.3 Å². The molecule has 0 saturated heterocycles. The van der Waals surface area contributed by atoms with Crippen LogP contribution in [-0.4, -0.2) is 18.1 Å². The van der Waals surface area contributed by atoms with Crippen LogP contribution in [-0.2, 0) is 17.9 Å². The number of anilines is 1. The molecule has 5 nitrogen and oxygen atoms in total. The number of nitrogens with zero attached hydrogens (tertiary/aromatic N) is 2. The summed E-state index contributed by atoms with van der Waals surface area (Å²) in [6, 6.07) is 7.85. The summed E-state index contributed by atoms with van der Waals surface area (Å²) in [6.07, 6.45) is 1.83. The van der Waals surface area contributed by atoms with Crippen molar-refractivity contribution in [3.05, 3.63) is 45.9 Å². The van der Waals surface area contributed by atoms with E-state index in [4.69, 9.17) is 10.5 Å². The zero-order valence-electron chi connectivity index (χ0n) is 11.6. The third-order valence-corrected chi connectivity index (χ3v) is 3.55. The number of ether oxygens (including phenoxy) is 1. The number of nitrogens with two attached hydrogens (primary N) is 1. The Morgan fingerprint density at radius 3 is 2.95 bits per heavy atom. The SMILES string of the molecule is COCc1ccccc1NC(N)=NCc1cnc(C)s1. The molecule has 6 heteroatoms. The molecule has 0 amide bonds. The number of aryl methyl sites for hydroxylation is 1. The number of thiazole rings is 1. The van der Waals surface area contributed by atoms with Crippen molar-refractivity contribution in [3.63, 3.8) is 0 Å². The van der Waals surface area contributed by atoms with Crippen molar-refractivity contribution in [2.75, 3.05) is 12.4 Å². The topological polar surface area (TPSA) is 72.5 Å². The molecule has 106 valence electrons.